The summed E-state index contributed by atoms with van der Waals surface area (Å²) >= 11 is 0. The van der Waals surface area contributed by atoms with Crippen LogP contribution in [-0.2, 0) is 14.6 Å². The molecule has 0 aliphatic rings. The van der Waals surface area contributed by atoms with Crippen LogP contribution in [0.25, 0.3) is 16.8 Å². The minimum atomic E-state index is -3.56. The number of halogens is 1. The van der Waals surface area contributed by atoms with Crippen molar-refractivity contribution in [2.45, 2.75) is 11.8 Å². The molecule has 0 saturated carbocycles. The predicted molar refractivity (Wildman–Crippen MR) is 137 cm³/mol. The van der Waals surface area contributed by atoms with E-state index in [-0.39, 0.29) is 28.6 Å². The molecule has 3 aromatic carbocycles. The van der Waals surface area contributed by atoms with Crippen LogP contribution in [0.1, 0.15) is 33.5 Å². The smallest absolute Gasteiger partial charge is 0.358 e. The summed E-state index contributed by atoms with van der Waals surface area (Å²) in [5.74, 6) is -2.34. The van der Waals surface area contributed by atoms with Gasteiger partial charge in [-0.3, -0.25) is 4.79 Å². The molecule has 1 amide bonds. The molecule has 192 valence electrons. The van der Waals surface area contributed by atoms with Crippen molar-refractivity contribution in [1.29, 1.82) is 5.26 Å². The number of carbonyl (C=O) groups is 2. The zero-order valence-corrected chi connectivity index (χ0v) is 21.1. The summed E-state index contributed by atoms with van der Waals surface area (Å²) in [7, 11) is -3.56. The Bertz CT molecular complexity index is 1710. The van der Waals surface area contributed by atoms with Crippen LogP contribution in [-0.4, -0.2) is 42.9 Å². The second-order valence-corrected chi connectivity index (χ2v) is 10.1. The lowest BCUT2D eigenvalue weighted by Crippen LogP contribution is -2.17. The van der Waals surface area contributed by atoms with Gasteiger partial charge in [0.25, 0.3) is 5.91 Å². The van der Waals surface area contributed by atoms with E-state index in [9.17, 15) is 23.3 Å². The van der Waals surface area contributed by atoms with Gasteiger partial charge in [0.05, 0.1) is 34.5 Å². The molecular weight excluding hydrogens is 511 g/mol. The molecule has 0 atom stereocenters. The molecule has 0 radical (unpaired) electrons. The molecule has 0 aliphatic heterocycles. The Labute approximate surface area is 218 Å². The molecule has 4 rings (SSSR count). The maximum Gasteiger partial charge on any atom is 0.358 e. The highest BCUT2D eigenvalue weighted by Gasteiger charge is 2.23. The molecule has 0 fully saturated rings. The average molecular weight is 533 g/mol. The molecule has 0 spiro atoms. The third kappa shape index (κ3) is 5.45. The first-order valence-electron chi connectivity index (χ1n) is 11.3. The number of aromatic nitrogens is 2. The van der Waals surface area contributed by atoms with Gasteiger partial charge in [0, 0.05) is 17.9 Å². The van der Waals surface area contributed by atoms with E-state index in [1.807, 2.05) is 6.07 Å². The van der Waals surface area contributed by atoms with Crippen molar-refractivity contribution in [3.05, 3.63) is 95.6 Å². The number of nitrogens with zero attached hydrogens (tertiary/aromatic N) is 3. The molecule has 1 heterocycles. The van der Waals surface area contributed by atoms with E-state index >= 15 is 4.39 Å². The van der Waals surface area contributed by atoms with Crippen molar-refractivity contribution in [1.82, 2.24) is 9.78 Å². The Hall–Kier alpha value is -4.82. The molecular formula is C27H21FN4O5S. The number of benzene rings is 3. The monoisotopic (exact) mass is 532 g/mol. The zero-order valence-electron chi connectivity index (χ0n) is 20.3. The molecule has 0 bridgehead atoms. The van der Waals surface area contributed by atoms with Crippen LogP contribution in [0.2, 0.25) is 0 Å². The third-order valence-corrected chi connectivity index (χ3v) is 6.62. The fourth-order valence-electron chi connectivity index (χ4n) is 3.75. The quantitative estimate of drug-likeness (QED) is 0.349. The van der Waals surface area contributed by atoms with E-state index in [1.165, 1.54) is 30.3 Å². The van der Waals surface area contributed by atoms with Gasteiger partial charge in [-0.15, -0.1) is 0 Å². The summed E-state index contributed by atoms with van der Waals surface area (Å²) in [6.45, 7) is 1.72. The molecule has 4 aromatic rings. The van der Waals surface area contributed by atoms with Gasteiger partial charge >= 0.3 is 5.97 Å². The summed E-state index contributed by atoms with van der Waals surface area (Å²) < 4.78 is 45.5. The van der Waals surface area contributed by atoms with E-state index in [0.717, 1.165) is 17.0 Å². The molecule has 1 N–H and O–H groups in total. The van der Waals surface area contributed by atoms with Crippen LogP contribution in [0.15, 0.2) is 77.7 Å². The lowest BCUT2D eigenvalue weighted by Gasteiger charge is -2.12. The second kappa shape index (κ2) is 10.7. The molecule has 9 nitrogen and oxygen atoms in total. The number of anilines is 1. The maximum atomic E-state index is 15.1. The van der Waals surface area contributed by atoms with Crippen molar-refractivity contribution < 1.29 is 27.1 Å². The fraction of sp³-hybridized carbons (Fsp3) is 0.111. The van der Waals surface area contributed by atoms with Crippen molar-refractivity contribution in [2.75, 3.05) is 18.2 Å². The highest BCUT2D eigenvalue weighted by molar-refractivity contribution is 7.90. The highest BCUT2D eigenvalue weighted by atomic mass is 32.2. The van der Waals surface area contributed by atoms with Crippen LogP contribution in [0, 0.1) is 17.1 Å². The molecule has 38 heavy (non-hydrogen) atoms. The summed E-state index contributed by atoms with van der Waals surface area (Å²) in [6.07, 6.45) is 1.07. The highest BCUT2D eigenvalue weighted by Crippen LogP contribution is 2.30. The predicted octanol–water partition coefficient (Wildman–Crippen LogP) is 4.38. The van der Waals surface area contributed by atoms with Crippen molar-refractivity contribution in [2.24, 2.45) is 0 Å². The van der Waals surface area contributed by atoms with Gasteiger partial charge in [0.2, 0.25) is 0 Å². The third-order valence-electron chi connectivity index (χ3n) is 5.46. The zero-order chi connectivity index (χ0) is 27.4. The molecule has 0 saturated heterocycles. The number of hydrogen-bond donors (Lipinski definition) is 1. The topological polar surface area (TPSA) is 131 Å². The Kier molecular flexibility index (Phi) is 7.36. The van der Waals surface area contributed by atoms with Gasteiger partial charge in [0.15, 0.2) is 15.5 Å². The Morgan fingerprint density at radius 1 is 1.08 bits per heavy atom. The number of ether oxygens (including phenoxy) is 1. The van der Waals surface area contributed by atoms with Crippen molar-refractivity contribution in [3.63, 3.8) is 0 Å². The van der Waals surface area contributed by atoms with E-state index in [0.29, 0.717) is 22.4 Å². The average Bonchev–Trinajstić information content (AvgIpc) is 3.35. The van der Waals surface area contributed by atoms with E-state index < -0.39 is 27.5 Å². The normalized spacial score (nSPS) is 11.0. The Balaban J connectivity index is 1.70. The summed E-state index contributed by atoms with van der Waals surface area (Å²) in [4.78, 5) is 25.5. The number of carbonyl (C=O) groups excluding carboxylic acids is 2. The Morgan fingerprint density at radius 3 is 2.53 bits per heavy atom. The van der Waals surface area contributed by atoms with E-state index in [4.69, 9.17) is 4.74 Å². The number of esters is 1. The van der Waals surface area contributed by atoms with Gasteiger partial charge < -0.3 is 10.1 Å². The van der Waals surface area contributed by atoms with Gasteiger partial charge in [-0.25, -0.2) is 22.3 Å². The van der Waals surface area contributed by atoms with Gasteiger partial charge in [-0.1, -0.05) is 30.3 Å². The minimum Gasteiger partial charge on any atom is -0.461 e. The summed E-state index contributed by atoms with van der Waals surface area (Å²) in [6, 6.07) is 19.6. The fourth-order valence-corrected chi connectivity index (χ4v) is 4.66. The lowest BCUT2D eigenvalue weighted by atomic mass is 10.0. The van der Waals surface area contributed by atoms with E-state index in [1.54, 1.807) is 43.3 Å². The largest absolute Gasteiger partial charge is 0.461 e. The standard InChI is InChI=1S/C27H21FN4O5S/c1-3-37-27(34)23-15-24(32(31-23)19-8-6-7-17(13-19)16-29)26(33)30-22-12-11-18(14-21(22)28)20-9-4-5-10-25(20)38(2,35)36/h4-15H,3H2,1-2H3,(H,30,33). The first-order valence-corrected chi connectivity index (χ1v) is 13.2. The minimum absolute atomic E-state index is 0.0474. The molecule has 1 aromatic heterocycles. The lowest BCUT2D eigenvalue weighted by molar-refractivity contribution is 0.0519. The van der Waals surface area contributed by atoms with Crippen LogP contribution in [0.4, 0.5) is 10.1 Å². The number of sulfone groups is 1. The van der Waals surface area contributed by atoms with Crippen LogP contribution >= 0.6 is 0 Å². The SMILES string of the molecule is CCOC(=O)c1cc(C(=O)Nc2ccc(-c3ccccc3S(C)(=O)=O)cc2F)n(-c2cccc(C#N)c2)n1. The first kappa shape index (κ1) is 26.2. The summed E-state index contributed by atoms with van der Waals surface area (Å²) in [5, 5.41) is 15.9. The first-order chi connectivity index (χ1) is 18.1. The number of nitrogens with one attached hydrogen (secondary N) is 1. The van der Waals surface area contributed by atoms with Crippen molar-refractivity contribution >= 4 is 27.4 Å². The maximum absolute atomic E-state index is 15.1. The van der Waals surface area contributed by atoms with Gasteiger partial charge in [0.1, 0.15) is 11.5 Å². The Morgan fingerprint density at radius 2 is 1.84 bits per heavy atom. The second-order valence-electron chi connectivity index (χ2n) is 8.13. The number of hydrogen-bond acceptors (Lipinski definition) is 7. The molecule has 11 heteroatoms. The van der Waals surface area contributed by atoms with Crippen molar-refractivity contribution in [3.8, 4) is 22.9 Å². The molecule has 0 unspecified atom stereocenters. The van der Waals surface area contributed by atoms with Crippen LogP contribution < -0.4 is 5.32 Å². The van der Waals surface area contributed by atoms with Crippen LogP contribution in [0.3, 0.4) is 0 Å². The van der Waals surface area contributed by atoms with Crippen LogP contribution in [0.5, 0.6) is 0 Å². The summed E-state index contributed by atoms with van der Waals surface area (Å²) in [5.41, 5.74) is 0.843. The van der Waals surface area contributed by atoms with Gasteiger partial charge in [-0.05, 0) is 48.9 Å². The number of rotatable bonds is 7. The number of amides is 1. The van der Waals surface area contributed by atoms with Gasteiger partial charge in [-0.2, -0.15) is 10.4 Å². The molecule has 0 aliphatic carbocycles. The number of nitriles is 1. The van der Waals surface area contributed by atoms with E-state index in [2.05, 4.69) is 10.4 Å².